The molecule has 4 heterocycles. The quantitative estimate of drug-likeness (QED) is 0.406. The molecule has 2 N–H and O–H groups in total. The number of hydrogen-bond donors (Lipinski definition) is 2. The molecule has 0 aromatic heterocycles. The van der Waals surface area contributed by atoms with Gasteiger partial charge in [0, 0.05) is 37.4 Å². The number of carbonyl (C=O) groups excluding carboxylic acids is 2. The normalized spacial score (nSPS) is 23.3. The molecule has 4 unspecified atom stereocenters. The summed E-state index contributed by atoms with van der Waals surface area (Å²) in [6.07, 6.45) is 3.44. The van der Waals surface area contributed by atoms with E-state index in [0.29, 0.717) is 26.2 Å². The number of rotatable bonds is 2. The standard InChI is InChI=1S/2C19H26N2O3/c2*1-12-7-13-9-20-10-14(13)8-16(12)15-5-6-21(11-17(15)22)18(23)24-19(2,3)4/h2*7-9,15,17,22H,5-6,10-11H2,1-4H3. The van der Waals surface area contributed by atoms with Crippen molar-refractivity contribution < 1.29 is 29.3 Å². The van der Waals surface area contributed by atoms with Gasteiger partial charge >= 0.3 is 12.2 Å². The van der Waals surface area contributed by atoms with Gasteiger partial charge in [-0.05, 0) is 125 Å². The van der Waals surface area contributed by atoms with Crippen molar-refractivity contribution in [1.82, 2.24) is 9.80 Å². The lowest BCUT2D eigenvalue weighted by atomic mass is 9.83. The van der Waals surface area contributed by atoms with Crippen LogP contribution >= 0.6 is 0 Å². The van der Waals surface area contributed by atoms with Gasteiger partial charge in [-0.1, -0.05) is 12.1 Å². The average molecular weight is 661 g/mol. The van der Waals surface area contributed by atoms with E-state index in [1.165, 1.54) is 44.5 Å². The van der Waals surface area contributed by atoms with Crippen LogP contribution in [0.4, 0.5) is 9.59 Å². The predicted molar refractivity (Wildman–Crippen MR) is 187 cm³/mol. The summed E-state index contributed by atoms with van der Waals surface area (Å²) in [7, 11) is 0. The van der Waals surface area contributed by atoms with Crippen molar-refractivity contribution in [2.75, 3.05) is 26.2 Å². The second-order valence-corrected chi connectivity index (χ2v) is 15.5. The molecule has 4 aliphatic rings. The Morgan fingerprint density at radius 3 is 1.40 bits per heavy atom. The highest BCUT2D eigenvalue weighted by Crippen LogP contribution is 2.35. The molecule has 0 bridgehead atoms. The third-order valence-corrected chi connectivity index (χ3v) is 9.31. The number of aliphatic imine (C=N–C) groups is 2. The molecule has 0 aliphatic carbocycles. The first kappa shape index (κ1) is 35.5. The number of nitrogens with zero attached hydrogens (tertiary/aromatic N) is 4. The van der Waals surface area contributed by atoms with Gasteiger partial charge in [0.05, 0.1) is 38.4 Å². The van der Waals surface area contributed by atoms with E-state index >= 15 is 0 Å². The number of likely N-dealkylation sites (tertiary alicyclic amines) is 2. The lowest BCUT2D eigenvalue weighted by Gasteiger charge is -2.37. The van der Waals surface area contributed by atoms with Crippen LogP contribution in [0.2, 0.25) is 0 Å². The molecule has 2 fully saturated rings. The SMILES string of the molecule is Cc1cc2c(cc1C1CCN(C(=O)OC(C)(C)C)CC1O)CN=C2.Cc1cc2c(cc1C1CCN(C(=O)OC(C)(C)C)CC1O)CN=C2. The van der Waals surface area contributed by atoms with Crippen molar-refractivity contribution in [3.05, 3.63) is 68.8 Å². The number of aryl methyl sites for hydroxylation is 2. The van der Waals surface area contributed by atoms with Gasteiger partial charge in [-0.3, -0.25) is 9.98 Å². The van der Waals surface area contributed by atoms with Crippen LogP contribution in [0.5, 0.6) is 0 Å². The van der Waals surface area contributed by atoms with E-state index in [2.05, 4.69) is 48.1 Å². The van der Waals surface area contributed by atoms with Crippen LogP contribution in [0.25, 0.3) is 0 Å². The molecule has 0 saturated carbocycles. The number of amides is 2. The summed E-state index contributed by atoms with van der Waals surface area (Å²) < 4.78 is 10.8. The third kappa shape index (κ3) is 8.44. The molecule has 10 nitrogen and oxygen atoms in total. The Kier molecular flexibility index (Phi) is 10.4. The fourth-order valence-corrected chi connectivity index (χ4v) is 6.96. The summed E-state index contributed by atoms with van der Waals surface area (Å²) in [6, 6.07) is 8.64. The maximum atomic E-state index is 12.2. The van der Waals surface area contributed by atoms with E-state index in [1.807, 2.05) is 54.0 Å². The highest BCUT2D eigenvalue weighted by molar-refractivity contribution is 5.85. The topological polar surface area (TPSA) is 124 Å². The van der Waals surface area contributed by atoms with Crippen LogP contribution < -0.4 is 0 Å². The van der Waals surface area contributed by atoms with Crippen LogP contribution in [0.3, 0.4) is 0 Å². The predicted octanol–water partition coefficient (Wildman–Crippen LogP) is 6.03. The highest BCUT2D eigenvalue weighted by atomic mass is 16.6. The second kappa shape index (κ2) is 14.0. The van der Waals surface area contributed by atoms with E-state index in [4.69, 9.17) is 9.47 Å². The van der Waals surface area contributed by atoms with Gasteiger partial charge in [0.2, 0.25) is 0 Å². The number of aliphatic hydroxyl groups excluding tert-OH is 2. The fourth-order valence-electron chi connectivity index (χ4n) is 6.96. The maximum absolute atomic E-state index is 12.2. The first-order valence-electron chi connectivity index (χ1n) is 17.1. The van der Waals surface area contributed by atoms with Gasteiger partial charge in [0.15, 0.2) is 0 Å². The second-order valence-electron chi connectivity index (χ2n) is 15.5. The van der Waals surface area contributed by atoms with Crippen LogP contribution in [-0.4, -0.2) is 94.2 Å². The maximum Gasteiger partial charge on any atom is 0.410 e. The number of ether oxygens (including phenoxy) is 2. The first-order chi connectivity index (χ1) is 22.5. The molecule has 4 aliphatic heterocycles. The lowest BCUT2D eigenvalue weighted by molar-refractivity contribution is -0.00199. The number of piperidine rings is 2. The Hall–Kier alpha value is -3.76. The van der Waals surface area contributed by atoms with Crippen LogP contribution in [0, 0.1) is 13.8 Å². The van der Waals surface area contributed by atoms with E-state index in [1.54, 1.807) is 9.80 Å². The van der Waals surface area contributed by atoms with Crippen molar-refractivity contribution in [3.8, 4) is 0 Å². The van der Waals surface area contributed by atoms with Gasteiger partial charge in [-0.2, -0.15) is 0 Å². The molecule has 4 atom stereocenters. The van der Waals surface area contributed by atoms with Gasteiger partial charge in [-0.25, -0.2) is 9.59 Å². The zero-order chi connectivity index (χ0) is 35.0. The largest absolute Gasteiger partial charge is 0.444 e. The van der Waals surface area contributed by atoms with Gasteiger partial charge in [0.1, 0.15) is 11.2 Å². The Bertz CT molecular complexity index is 1470. The Labute approximate surface area is 284 Å². The number of fused-ring (bicyclic) bond motifs is 2. The zero-order valence-corrected chi connectivity index (χ0v) is 29.7. The number of hydrogen-bond acceptors (Lipinski definition) is 8. The molecular weight excluding hydrogens is 608 g/mol. The number of carbonyl (C=O) groups is 2. The third-order valence-electron chi connectivity index (χ3n) is 9.31. The molecule has 2 aromatic rings. The highest BCUT2D eigenvalue weighted by Gasteiger charge is 2.36. The summed E-state index contributed by atoms with van der Waals surface area (Å²) in [5.74, 6) is 0.101. The van der Waals surface area contributed by atoms with Gasteiger partial charge in [-0.15, -0.1) is 0 Å². The minimum atomic E-state index is -0.578. The van der Waals surface area contributed by atoms with E-state index in [-0.39, 0.29) is 24.0 Å². The molecule has 10 heteroatoms. The molecule has 2 saturated heterocycles. The molecule has 0 radical (unpaired) electrons. The minimum absolute atomic E-state index is 0.0505. The van der Waals surface area contributed by atoms with Crippen molar-refractivity contribution >= 4 is 24.6 Å². The molecule has 260 valence electrons. The summed E-state index contributed by atoms with van der Waals surface area (Å²) >= 11 is 0. The summed E-state index contributed by atoms with van der Waals surface area (Å²) in [5, 5.41) is 21.3. The smallest absolute Gasteiger partial charge is 0.410 e. The monoisotopic (exact) mass is 660 g/mol. The molecule has 2 amide bonds. The van der Waals surface area contributed by atoms with E-state index in [9.17, 15) is 19.8 Å². The molecule has 6 rings (SSSR count). The summed E-state index contributed by atoms with van der Waals surface area (Å²) in [4.78, 5) is 36.2. The minimum Gasteiger partial charge on any atom is -0.444 e. The Morgan fingerprint density at radius 1 is 0.688 bits per heavy atom. The van der Waals surface area contributed by atoms with E-state index < -0.39 is 23.4 Å². The Morgan fingerprint density at radius 2 is 1.06 bits per heavy atom. The van der Waals surface area contributed by atoms with Crippen molar-refractivity contribution in [1.29, 1.82) is 0 Å². The Balaban J connectivity index is 0.000000188. The fraction of sp³-hybridized carbons (Fsp3) is 0.579. The summed E-state index contributed by atoms with van der Waals surface area (Å²) in [6.45, 7) is 18.5. The lowest BCUT2D eigenvalue weighted by Crippen LogP contribution is -2.47. The number of benzene rings is 2. The van der Waals surface area contributed by atoms with Crippen LogP contribution in [-0.2, 0) is 22.6 Å². The number of β-amino-alcohol motifs (C(OH)–C–C–N with tert-alkyl or cyclic N) is 2. The van der Waals surface area contributed by atoms with Crippen LogP contribution in [0.1, 0.15) is 111 Å². The van der Waals surface area contributed by atoms with Crippen molar-refractivity contribution in [2.24, 2.45) is 9.98 Å². The van der Waals surface area contributed by atoms with Crippen molar-refractivity contribution in [3.63, 3.8) is 0 Å². The van der Waals surface area contributed by atoms with Crippen molar-refractivity contribution in [2.45, 2.75) is 117 Å². The van der Waals surface area contributed by atoms with Gasteiger partial charge in [0.25, 0.3) is 0 Å². The first-order valence-corrected chi connectivity index (χ1v) is 17.1. The van der Waals surface area contributed by atoms with Gasteiger partial charge < -0.3 is 29.5 Å². The van der Waals surface area contributed by atoms with E-state index in [0.717, 1.165) is 25.9 Å². The van der Waals surface area contributed by atoms with Crippen LogP contribution in [0.15, 0.2) is 34.3 Å². The number of aliphatic hydroxyl groups is 2. The molecular formula is C38H52N4O6. The average Bonchev–Trinajstić information content (AvgIpc) is 3.63. The molecule has 2 aromatic carbocycles. The molecule has 0 spiro atoms. The zero-order valence-electron chi connectivity index (χ0n) is 29.7. The molecule has 48 heavy (non-hydrogen) atoms. The summed E-state index contributed by atoms with van der Waals surface area (Å²) in [5.41, 5.74) is 8.47.